The van der Waals surface area contributed by atoms with Crippen LogP contribution in [0.25, 0.3) is 11.1 Å². The van der Waals surface area contributed by atoms with Gasteiger partial charge in [-0.1, -0.05) is 85.8 Å². The highest BCUT2D eigenvalue weighted by molar-refractivity contribution is 5.93. The van der Waals surface area contributed by atoms with E-state index in [9.17, 15) is 0 Å². The zero-order chi connectivity index (χ0) is 22.0. The van der Waals surface area contributed by atoms with E-state index < -0.39 is 0 Å². The number of benzene rings is 3. The van der Waals surface area contributed by atoms with E-state index >= 15 is 0 Å². The minimum Gasteiger partial charge on any atom is -0.492 e. The van der Waals surface area contributed by atoms with Gasteiger partial charge in [0.05, 0.1) is 13.2 Å². The summed E-state index contributed by atoms with van der Waals surface area (Å²) in [6.45, 7) is 7.47. The Kier molecular flexibility index (Phi) is 8.13. The highest BCUT2D eigenvalue weighted by Gasteiger charge is 2.16. The van der Waals surface area contributed by atoms with Crippen molar-refractivity contribution < 1.29 is 9.47 Å². The molecule has 3 nitrogen and oxygen atoms in total. The molecule has 0 N–H and O–H groups in total. The van der Waals surface area contributed by atoms with Crippen molar-refractivity contribution in [1.29, 1.82) is 0 Å². The lowest BCUT2D eigenvalue weighted by Gasteiger charge is -2.26. The third-order valence-electron chi connectivity index (χ3n) is 6.04. The van der Waals surface area contributed by atoms with E-state index in [1.165, 1.54) is 27.8 Å². The van der Waals surface area contributed by atoms with Crippen LogP contribution in [0.15, 0.2) is 84.9 Å². The second-order valence-corrected chi connectivity index (χ2v) is 8.14. The third kappa shape index (κ3) is 5.87. The van der Waals surface area contributed by atoms with Crippen LogP contribution in [0.5, 0.6) is 5.75 Å². The van der Waals surface area contributed by atoms with Gasteiger partial charge in [0.25, 0.3) is 0 Å². The van der Waals surface area contributed by atoms with Crippen LogP contribution in [0.1, 0.15) is 30.0 Å². The van der Waals surface area contributed by atoms with Crippen molar-refractivity contribution in [3.05, 3.63) is 102 Å². The highest BCUT2D eigenvalue weighted by atomic mass is 16.5. The number of allylic oxidation sites excluding steroid dienone is 2. The number of hydrogen-bond acceptors (Lipinski definition) is 3. The van der Waals surface area contributed by atoms with Crippen molar-refractivity contribution in [2.45, 2.75) is 19.8 Å². The summed E-state index contributed by atoms with van der Waals surface area (Å²) < 4.78 is 11.8. The second kappa shape index (κ2) is 11.7. The lowest BCUT2D eigenvalue weighted by atomic mass is 9.88. The fraction of sp³-hybridized carbons (Fsp3) is 0.310. The number of ether oxygens (including phenoxy) is 2. The van der Waals surface area contributed by atoms with Crippen molar-refractivity contribution in [3.63, 3.8) is 0 Å². The number of para-hydroxylation sites is 1. The summed E-state index contributed by atoms with van der Waals surface area (Å²) in [4.78, 5) is 2.41. The Balaban J connectivity index is 1.64. The number of hydrogen-bond donors (Lipinski definition) is 0. The van der Waals surface area contributed by atoms with Gasteiger partial charge in [0.1, 0.15) is 12.4 Å². The molecule has 0 radical (unpaired) electrons. The van der Waals surface area contributed by atoms with E-state index in [2.05, 4.69) is 96.8 Å². The van der Waals surface area contributed by atoms with Crippen LogP contribution in [0.2, 0.25) is 0 Å². The van der Waals surface area contributed by atoms with Crippen molar-refractivity contribution in [2.24, 2.45) is 0 Å². The molecule has 0 atom stereocenters. The van der Waals surface area contributed by atoms with Crippen LogP contribution in [0.4, 0.5) is 0 Å². The molecule has 1 saturated heterocycles. The molecule has 0 aromatic heterocycles. The zero-order valence-corrected chi connectivity index (χ0v) is 19.0. The number of rotatable bonds is 9. The van der Waals surface area contributed by atoms with E-state index in [1.54, 1.807) is 0 Å². The molecule has 0 bridgehead atoms. The summed E-state index contributed by atoms with van der Waals surface area (Å²) in [6.07, 6.45) is 1.84. The first-order chi connectivity index (χ1) is 15.8. The van der Waals surface area contributed by atoms with E-state index in [0.717, 1.165) is 51.4 Å². The molecule has 0 spiro atoms. The van der Waals surface area contributed by atoms with Crippen molar-refractivity contribution in [2.75, 3.05) is 39.5 Å². The van der Waals surface area contributed by atoms with Gasteiger partial charge >= 0.3 is 0 Å². The van der Waals surface area contributed by atoms with E-state index in [-0.39, 0.29) is 0 Å². The largest absolute Gasteiger partial charge is 0.492 e. The number of morpholine rings is 1. The van der Waals surface area contributed by atoms with Gasteiger partial charge in [0.15, 0.2) is 0 Å². The predicted molar refractivity (Wildman–Crippen MR) is 133 cm³/mol. The van der Waals surface area contributed by atoms with Crippen LogP contribution in [-0.2, 0) is 11.2 Å². The molecular formula is C29H33NO2. The molecule has 166 valence electrons. The lowest BCUT2D eigenvalue weighted by molar-refractivity contribution is 0.0322. The van der Waals surface area contributed by atoms with Crippen molar-refractivity contribution in [3.8, 4) is 5.75 Å². The van der Waals surface area contributed by atoms with Gasteiger partial charge in [-0.25, -0.2) is 0 Å². The fourth-order valence-corrected chi connectivity index (χ4v) is 4.34. The molecule has 1 fully saturated rings. The van der Waals surface area contributed by atoms with Crippen LogP contribution in [0.3, 0.4) is 0 Å². The van der Waals surface area contributed by atoms with Crippen LogP contribution >= 0.6 is 0 Å². The summed E-state index contributed by atoms with van der Waals surface area (Å²) >= 11 is 0. The molecule has 0 unspecified atom stereocenters. The summed E-state index contributed by atoms with van der Waals surface area (Å²) in [5.41, 5.74) is 6.51. The molecular weight excluding hydrogens is 394 g/mol. The Morgan fingerprint density at radius 1 is 0.812 bits per heavy atom. The van der Waals surface area contributed by atoms with Crippen LogP contribution < -0.4 is 4.74 Å². The minimum absolute atomic E-state index is 0.688. The maximum Gasteiger partial charge on any atom is 0.126 e. The van der Waals surface area contributed by atoms with Crippen LogP contribution in [-0.4, -0.2) is 44.4 Å². The smallest absolute Gasteiger partial charge is 0.126 e. The topological polar surface area (TPSA) is 21.7 Å². The number of nitrogens with zero attached hydrogens (tertiary/aromatic N) is 1. The van der Waals surface area contributed by atoms with Gasteiger partial charge in [-0.2, -0.15) is 0 Å². The Morgan fingerprint density at radius 3 is 2.19 bits per heavy atom. The lowest BCUT2D eigenvalue weighted by Crippen LogP contribution is -2.38. The molecule has 32 heavy (non-hydrogen) atoms. The van der Waals surface area contributed by atoms with Gasteiger partial charge in [-0.15, -0.1) is 0 Å². The van der Waals surface area contributed by atoms with Crippen LogP contribution in [0, 0.1) is 0 Å². The van der Waals surface area contributed by atoms with Gasteiger partial charge in [-0.3, -0.25) is 4.90 Å². The maximum absolute atomic E-state index is 6.34. The maximum atomic E-state index is 6.34. The molecule has 3 heteroatoms. The Labute approximate surface area is 192 Å². The fourth-order valence-electron chi connectivity index (χ4n) is 4.34. The Morgan fingerprint density at radius 2 is 1.47 bits per heavy atom. The summed E-state index contributed by atoms with van der Waals surface area (Å²) in [5, 5.41) is 0. The van der Waals surface area contributed by atoms with Crippen molar-refractivity contribution in [1.82, 2.24) is 4.90 Å². The zero-order valence-electron chi connectivity index (χ0n) is 19.0. The van der Waals surface area contributed by atoms with Gasteiger partial charge in [0.2, 0.25) is 0 Å². The standard InChI is InChI=1S/C29H33NO2/c1-2-26(28(25-13-7-4-8-14-25)23-24-11-5-3-6-12-24)27-15-9-10-16-29(27)32-22-19-30-17-20-31-21-18-30/h3-16H,2,17-23H2,1H3. The second-order valence-electron chi connectivity index (χ2n) is 8.14. The summed E-state index contributed by atoms with van der Waals surface area (Å²) in [6, 6.07) is 30.0. The Bertz CT molecular complexity index is 992. The Hall–Kier alpha value is -2.88. The molecule has 3 aromatic carbocycles. The molecule has 3 aromatic rings. The van der Waals surface area contributed by atoms with Gasteiger partial charge in [0, 0.05) is 25.2 Å². The highest BCUT2D eigenvalue weighted by Crippen LogP contribution is 2.36. The molecule has 4 rings (SSSR count). The average Bonchev–Trinajstić information content (AvgIpc) is 2.86. The molecule has 0 aliphatic carbocycles. The molecule has 0 amide bonds. The summed E-state index contributed by atoms with van der Waals surface area (Å²) in [7, 11) is 0. The monoisotopic (exact) mass is 427 g/mol. The van der Waals surface area contributed by atoms with E-state index in [1.807, 2.05) is 0 Å². The predicted octanol–water partition coefficient (Wildman–Crippen LogP) is 5.96. The molecule has 1 aliphatic rings. The third-order valence-corrected chi connectivity index (χ3v) is 6.04. The average molecular weight is 428 g/mol. The normalized spacial score (nSPS) is 15.3. The first kappa shape index (κ1) is 22.3. The van der Waals surface area contributed by atoms with E-state index in [0.29, 0.717) is 6.61 Å². The minimum atomic E-state index is 0.688. The van der Waals surface area contributed by atoms with E-state index in [4.69, 9.17) is 9.47 Å². The van der Waals surface area contributed by atoms with Crippen molar-refractivity contribution >= 4 is 11.1 Å². The first-order valence-corrected chi connectivity index (χ1v) is 11.7. The molecule has 1 aliphatic heterocycles. The first-order valence-electron chi connectivity index (χ1n) is 11.7. The van der Waals surface area contributed by atoms with Gasteiger partial charge in [-0.05, 0) is 41.2 Å². The molecule has 1 heterocycles. The summed E-state index contributed by atoms with van der Waals surface area (Å²) in [5.74, 6) is 0.971. The quantitative estimate of drug-likeness (QED) is 0.393. The van der Waals surface area contributed by atoms with Gasteiger partial charge < -0.3 is 9.47 Å². The SMILES string of the molecule is CCC(=C(Cc1ccccc1)c1ccccc1)c1ccccc1OCCN1CCOCC1. The molecule has 0 saturated carbocycles.